The molecule has 4 aromatic rings. The van der Waals surface area contributed by atoms with Crippen LogP contribution in [0.2, 0.25) is 0 Å². The molecule has 0 bridgehead atoms. The summed E-state index contributed by atoms with van der Waals surface area (Å²) in [4.78, 5) is 18.6. The number of rotatable bonds is 12. The molecule has 0 unspecified atom stereocenters. The highest BCUT2D eigenvalue weighted by Gasteiger charge is 2.31. The Morgan fingerprint density at radius 1 is 1.05 bits per heavy atom. The van der Waals surface area contributed by atoms with E-state index in [1.54, 1.807) is 14.2 Å². The third kappa shape index (κ3) is 6.14. The summed E-state index contributed by atoms with van der Waals surface area (Å²) in [5.41, 5.74) is 3.47. The van der Waals surface area contributed by atoms with Crippen molar-refractivity contribution in [2.24, 2.45) is 0 Å². The molecular weight excluding hydrogens is 492 g/mol. The van der Waals surface area contributed by atoms with E-state index in [4.69, 9.17) is 9.47 Å². The summed E-state index contributed by atoms with van der Waals surface area (Å²) in [5.74, 6) is 2.21. The maximum Gasteiger partial charge on any atom is 0.252 e. The van der Waals surface area contributed by atoms with Crippen LogP contribution in [0.5, 0.6) is 11.5 Å². The van der Waals surface area contributed by atoms with Crippen LogP contribution in [0.4, 0.5) is 0 Å². The predicted molar refractivity (Wildman–Crippen MR) is 153 cm³/mol. The summed E-state index contributed by atoms with van der Waals surface area (Å²) >= 11 is 0. The number of ether oxygens (including phenoxy) is 2. The molecule has 0 spiro atoms. The van der Waals surface area contributed by atoms with E-state index >= 15 is 0 Å². The molecule has 0 aliphatic heterocycles. The molecule has 2 aromatic carbocycles. The molecule has 9 nitrogen and oxygen atoms in total. The van der Waals surface area contributed by atoms with Crippen molar-refractivity contribution in [1.29, 1.82) is 0 Å². The van der Waals surface area contributed by atoms with Crippen LogP contribution in [-0.2, 0) is 18.5 Å². The van der Waals surface area contributed by atoms with Gasteiger partial charge in [0.05, 0.1) is 25.8 Å². The first-order valence-electron chi connectivity index (χ1n) is 13.6. The van der Waals surface area contributed by atoms with Gasteiger partial charge in [-0.1, -0.05) is 32.0 Å². The van der Waals surface area contributed by atoms with E-state index in [9.17, 15) is 4.79 Å². The van der Waals surface area contributed by atoms with Crippen molar-refractivity contribution >= 4 is 10.9 Å². The molecule has 208 valence electrons. The van der Waals surface area contributed by atoms with Crippen LogP contribution in [0.3, 0.4) is 0 Å². The van der Waals surface area contributed by atoms with Crippen LogP contribution in [-0.4, -0.2) is 50.9 Å². The second-order valence-electron chi connectivity index (χ2n) is 10.7. The molecule has 0 radical (unpaired) electrons. The first kappa shape index (κ1) is 28.3. The number of aryl methyl sites for hydroxylation is 1. The Labute approximate surface area is 230 Å². The van der Waals surface area contributed by atoms with E-state index in [0.717, 1.165) is 47.1 Å². The molecule has 0 saturated carbocycles. The van der Waals surface area contributed by atoms with Crippen molar-refractivity contribution in [3.8, 4) is 11.5 Å². The van der Waals surface area contributed by atoms with E-state index in [1.165, 1.54) is 0 Å². The molecule has 4 rings (SSSR count). The normalized spacial score (nSPS) is 12.7. The highest BCUT2D eigenvalue weighted by atomic mass is 16.5. The Morgan fingerprint density at radius 3 is 2.51 bits per heavy atom. The minimum atomic E-state index is -0.237. The standard InChI is InChI=1S/C30H40N6O3/c1-8-25(28-32-33-34-36(28)30(4,5)9-2)35(15-14-21-11-13-26(38-6)27(17-21)39-7)19-23-18-22-12-10-20(3)16-24(22)31-29(23)37/h10-13,16-18,25H,8-9,14-15,19H2,1-7H3,(H,31,37)/t25-/m1/s1. The smallest absolute Gasteiger partial charge is 0.252 e. The lowest BCUT2D eigenvalue weighted by atomic mass is 10.0. The molecule has 39 heavy (non-hydrogen) atoms. The van der Waals surface area contributed by atoms with Crippen molar-refractivity contribution in [2.75, 3.05) is 20.8 Å². The zero-order valence-corrected chi connectivity index (χ0v) is 24.1. The van der Waals surface area contributed by atoms with Crippen molar-refractivity contribution in [1.82, 2.24) is 30.1 Å². The lowest BCUT2D eigenvalue weighted by molar-refractivity contribution is 0.160. The average molecular weight is 533 g/mol. The SMILES string of the molecule is CC[C@H](c1nnnn1C(C)(C)CC)N(CCc1ccc(OC)c(OC)c1)Cc1cc2ccc(C)cc2[nH]c1=O. The van der Waals surface area contributed by atoms with E-state index in [2.05, 4.69) is 71.3 Å². The number of nitrogens with zero attached hydrogens (tertiary/aromatic N) is 5. The van der Waals surface area contributed by atoms with Crippen molar-refractivity contribution in [3.63, 3.8) is 0 Å². The highest BCUT2D eigenvalue weighted by Crippen LogP contribution is 2.31. The lowest BCUT2D eigenvalue weighted by Crippen LogP contribution is -2.37. The van der Waals surface area contributed by atoms with Gasteiger partial charge in [0.2, 0.25) is 0 Å². The van der Waals surface area contributed by atoms with Crippen molar-refractivity contribution in [3.05, 3.63) is 75.3 Å². The molecule has 2 heterocycles. The number of fused-ring (bicyclic) bond motifs is 1. The molecule has 0 aliphatic carbocycles. The fourth-order valence-corrected chi connectivity index (χ4v) is 4.94. The minimum Gasteiger partial charge on any atom is -0.493 e. The molecule has 0 fully saturated rings. The van der Waals surface area contributed by atoms with Gasteiger partial charge in [-0.2, -0.15) is 0 Å². The van der Waals surface area contributed by atoms with Crippen molar-refractivity contribution in [2.45, 2.75) is 72.0 Å². The van der Waals surface area contributed by atoms with Gasteiger partial charge in [-0.3, -0.25) is 9.69 Å². The topological polar surface area (TPSA) is 98.2 Å². The summed E-state index contributed by atoms with van der Waals surface area (Å²) < 4.78 is 12.9. The van der Waals surface area contributed by atoms with E-state index < -0.39 is 0 Å². The maximum atomic E-state index is 13.2. The number of benzene rings is 2. The third-order valence-corrected chi connectivity index (χ3v) is 7.65. The number of aromatic amines is 1. The second kappa shape index (κ2) is 12.0. The summed E-state index contributed by atoms with van der Waals surface area (Å²) in [7, 11) is 3.28. The largest absolute Gasteiger partial charge is 0.493 e. The second-order valence-corrected chi connectivity index (χ2v) is 10.7. The summed E-state index contributed by atoms with van der Waals surface area (Å²) in [5, 5.41) is 13.9. The van der Waals surface area contributed by atoms with Gasteiger partial charge in [0.25, 0.3) is 5.56 Å². The van der Waals surface area contributed by atoms with Gasteiger partial charge in [-0.25, -0.2) is 4.68 Å². The van der Waals surface area contributed by atoms with Crippen LogP contribution in [0.15, 0.2) is 47.3 Å². The number of hydrogen-bond acceptors (Lipinski definition) is 7. The lowest BCUT2D eigenvalue weighted by Gasteiger charge is -2.33. The van der Waals surface area contributed by atoms with Gasteiger partial charge in [-0.15, -0.1) is 5.10 Å². The number of methoxy groups -OCH3 is 2. The number of pyridine rings is 1. The Hall–Kier alpha value is -3.72. The van der Waals surface area contributed by atoms with E-state index in [1.807, 2.05) is 35.9 Å². The summed E-state index contributed by atoms with van der Waals surface area (Å²) in [6.07, 6.45) is 2.42. The van der Waals surface area contributed by atoms with Crippen LogP contribution >= 0.6 is 0 Å². The highest BCUT2D eigenvalue weighted by molar-refractivity contribution is 5.79. The molecule has 1 N–H and O–H groups in total. The maximum absolute atomic E-state index is 13.2. The van der Waals surface area contributed by atoms with Gasteiger partial charge >= 0.3 is 0 Å². The quantitative estimate of drug-likeness (QED) is 0.268. The zero-order chi connectivity index (χ0) is 28.2. The molecule has 2 aromatic heterocycles. The molecule has 0 aliphatic rings. The summed E-state index contributed by atoms with van der Waals surface area (Å²) in [6.45, 7) is 11.7. The number of hydrogen-bond donors (Lipinski definition) is 1. The van der Waals surface area contributed by atoms with Crippen LogP contribution in [0.25, 0.3) is 10.9 Å². The van der Waals surface area contributed by atoms with Crippen LogP contribution in [0.1, 0.15) is 69.1 Å². The Kier molecular flexibility index (Phi) is 8.70. The van der Waals surface area contributed by atoms with E-state index in [-0.39, 0.29) is 17.1 Å². The summed E-state index contributed by atoms with van der Waals surface area (Å²) in [6, 6.07) is 14.0. The molecule has 9 heteroatoms. The number of tetrazole rings is 1. The fourth-order valence-electron chi connectivity index (χ4n) is 4.94. The van der Waals surface area contributed by atoms with Crippen LogP contribution in [0, 0.1) is 6.92 Å². The molecule has 0 saturated heterocycles. The number of aromatic nitrogens is 5. The van der Waals surface area contributed by atoms with Crippen molar-refractivity contribution < 1.29 is 9.47 Å². The average Bonchev–Trinajstić information content (AvgIpc) is 3.43. The Bertz CT molecular complexity index is 1480. The minimum absolute atomic E-state index is 0.0763. The molecular formula is C30H40N6O3. The fraction of sp³-hybridized carbons (Fsp3) is 0.467. The first-order valence-corrected chi connectivity index (χ1v) is 13.6. The van der Waals surface area contributed by atoms with Gasteiger partial charge in [-0.05, 0) is 91.2 Å². The van der Waals surface area contributed by atoms with Gasteiger partial charge in [0, 0.05) is 24.2 Å². The first-order chi connectivity index (χ1) is 18.7. The monoisotopic (exact) mass is 532 g/mol. The van der Waals surface area contributed by atoms with Gasteiger partial charge in [0.1, 0.15) is 0 Å². The van der Waals surface area contributed by atoms with Crippen LogP contribution < -0.4 is 15.0 Å². The van der Waals surface area contributed by atoms with Gasteiger partial charge < -0.3 is 14.5 Å². The Balaban J connectivity index is 1.72. The van der Waals surface area contributed by atoms with Gasteiger partial charge in [0.15, 0.2) is 17.3 Å². The Morgan fingerprint density at radius 2 is 1.82 bits per heavy atom. The molecule has 1 atom stereocenters. The number of nitrogens with one attached hydrogen (secondary N) is 1. The third-order valence-electron chi connectivity index (χ3n) is 7.65. The molecule has 0 amide bonds. The number of H-pyrrole nitrogens is 1. The predicted octanol–water partition coefficient (Wildman–Crippen LogP) is 5.18. The van der Waals surface area contributed by atoms with E-state index in [0.29, 0.717) is 30.2 Å². The zero-order valence-electron chi connectivity index (χ0n) is 24.1.